The number of nitrogens with two attached hydrogens (primary N) is 1. The van der Waals surface area contributed by atoms with E-state index in [1.54, 1.807) is 25.1 Å². The molecule has 110 valence electrons. The number of hydrogen-bond acceptors (Lipinski definition) is 3. The maximum Gasteiger partial charge on any atom is 0.255 e. The van der Waals surface area contributed by atoms with E-state index in [0.717, 1.165) is 30.8 Å². The van der Waals surface area contributed by atoms with E-state index in [1.807, 2.05) is 12.1 Å². The molecule has 0 unspecified atom stereocenters. The molecule has 0 radical (unpaired) electrons. The second-order valence-electron chi connectivity index (χ2n) is 6.67. The fourth-order valence-electron chi connectivity index (χ4n) is 2.86. The van der Waals surface area contributed by atoms with Gasteiger partial charge >= 0.3 is 0 Å². The van der Waals surface area contributed by atoms with Gasteiger partial charge in [-0.25, -0.2) is 0 Å². The third kappa shape index (κ3) is 3.06. The lowest BCUT2D eigenvalue weighted by Crippen LogP contribution is -2.41. The molecule has 2 N–H and O–H groups in total. The molecule has 1 amide bonds. The smallest absolute Gasteiger partial charge is 0.255 e. The Morgan fingerprint density at radius 2 is 2.05 bits per heavy atom. The second kappa shape index (κ2) is 5.35. The zero-order valence-corrected chi connectivity index (χ0v) is 12.9. The molecule has 1 aromatic rings. The monoisotopic (exact) mass is 275 g/mol. The Labute approximate surface area is 121 Å². The highest BCUT2D eigenvalue weighted by Gasteiger charge is 2.28. The maximum atomic E-state index is 12.3. The highest BCUT2D eigenvalue weighted by atomic mass is 16.2. The summed E-state index contributed by atoms with van der Waals surface area (Å²) in [6, 6.07) is 5.57. The van der Waals surface area contributed by atoms with Crippen molar-refractivity contribution in [3.63, 3.8) is 0 Å². The Bertz CT molecular complexity index is 508. The minimum atomic E-state index is 0.0309. The first-order chi connectivity index (χ1) is 9.30. The van der Waals surface area contributed by atoms with Crippen molar-refractivity contribution in [2.24, 2.45) is 5.41 Å². The number of piperidine rings is 1. The van der Waals surface area contributed by atoms with Crippen molar-refractivity contribution in [2.45, 2.75) is 26.7 Å². The van der Waals surface area contributed by atoms with Crippen LogP contribution in [0.15, 0.2) is 18.2 Å². The predicted octanol–water partition coefficient (Wildman–Crippen LogP) is 2.60. The van der Waals surface area contributed by atoms with E-state index < -0.39 is 0 Å². The quantitative estimate of drug-likeness (QED) is 0.844. The third-order valence-corrected chi connectivity index (χ3v) is 3.90. The molecule has 0 saturated carbocycles. The molecule has 4 nitrogen and oxygen atoms in total. The van der Waals surface area contributed by atoms with E-state index in [-0.39, 0.29) is 11.3 Å². The fourth-order valence-corrected chi connectivity index (χ4v) is 2.86. The summed E-state index contributed by atoms with van der Waals surface area (Å²) in [7, 11) is 3.56. The molecule has 1 aliphatic rings. The van der Waals surface area contributed by atoms with Gasteiger partial charge in [0, 0.05) is 32.9 Å². The summed E-state index contributed by atoms with van der Waals surface area (Å²) < 4.78 is 0. The lowest BCUT2D eigenvalue weighted by molar-refractivity contribution is 0.0828. The number of rotatable bonds is 2. The van der Waals surface area contributed by atoms with Gasteiger partial charge in [0.1, 0.15) is 0 Å². The lowest BCUT2D eigenvalue weighted by atomic mass is 9.83. The van der Waals surface area contributed by atoms with Gasteiger partial charge in [-0.1, -0.05) is 13.8 Å². The zero-order valence-electron chi connectivity index (χ0n) is 12.9. The molecule has 0 aromatic heterocycles. The second-order valence-corrected chi connectivity index (χ2v) is 6.67. The summed E-state index contributed by atoms with van der Waals surface area (Å²) in [6.45, 7) is 6.50. The van der Waals surface area contributed by atoms with E-state index in [9.17, 15) is 4.79 Å². The number of benzene rings is 1. The van der Waals surface area contributed by atoms with Crippen LogP contribution in [0, 0.1) is 5.41 Å². The molecule has 1 aromatic carbocycles. The molecule has 0 spiro atoms. The Hall–Kier alpha value is -1.71. The molecular weight excluding hydrogens is 250 g/mol. The van der Waals surface area contributed by atoms with Gasteiger partial charge in [0.15, 0.2) is 0 Å². The van der Waals surface area contributed by atoms with Crippen molar-refractivity contribution in [3.05, 3.63) is 23.8 Å². The first kappa shape index (κ1) is 14.7. The van der Waals surface area contributed by atoms with Crippen LogP contribution in [0.3, 0.4) is 0 Å². The Morgan fingerprint density at radius 1 is 1.35 bits per heavy atom. The Balaban J connectivity index is 2.39. The van der Waals surface area contributed by atoms with Crippen LogP contribution in [0.2, 0.25) is 0 Å². The fraction of sp³-hybridized carbons (Fsp3) is 0.562. The number of nitrogen functional groups attached to an aromatic ring is 1. The Morgan fingerprint density at radius 3 is 2.65 bits per heavy atom. The molecule has 1 heterocycles. The molecule has 4 heteroatoms. The number of carbonyl (C=O) groups excluding carboxylic acids is 1. The summed E-state index contributed by atoms with van der Waals surface area (Å²) in [5.41, 5.74) is 8.62. The minimum Gasteiger partial charge on any atom is -0.399 e. The van der Waals surface area contributed by atoms with Crippen molar-refractivity contribution < 1.29 is 4.79 Å². The standard InChI is InChI=1S/C16H25N3O/c1-16(2)8-5-9-19(11-16)14-10-12(17)6-7-13(14)15(20)18(3)4/h6-7,10H,5,8-9,11,17H2,1-4H3. The van der Waals surface area contributed by atoms with E-state index in [4.69, 9.17) is 5.73 Å². The van der Waals surface area contributed by atoms with Crippen LogP contribution in [0.25, 0.3) is 0 Å². The number of amides is 1. The van der Waals surface area contributed by atoms with E-state index in [0.29, 0.717) is 5.69 Å². The predicted molar refractivity (Wildman–Crippen MR) is 84.1 cm³/mol. The van der Waals surface area contributed by atoms with Crippen molar-refractivity contribution in [2.75, 3.05) is 37.8 Å². The SMILES string of the molecule is CN(C)C(=O)c1ccc(N)cc1N1CCCC(C)(C)C1. The topological polar surface area (TPSA) is 49.6 Å². The minimum absolute atomic E-state index is 0.0309. The van der Waals surface area contributed by atoms with Gasteiger partial charge in [0.25, 0.3) is 5.91 Å². The van der Waals surface area contributed by atoms with Crippen LogP contribution in [-0.4, -0.2) is 38.0 Å². The molecule has 1 aliphatic heterocycles. The summed E-state index contributed by atoms with van der Waals surface area (Å²) in [5.74, 6) is 0.0309. The van der Waals surface area contributed by atoms with Gasteiger partial charge in [-0.2, -0.15) is 0 Å². The molecule has 0 atom stereocenters. The number of nitrogens with zero attached hydrogens (tertiary/aromatic N) is 2. The average Bonchev–Trinajstić information content (AvgIpc) is 2.36. The van der Waals surface area contributed by atoms with Crippen molar-refractivity contribution >= 4 is 17.3 Å². The summed E-state index contributed by atoms with van der Waals surface area (Å²) in [6.07, 6.45) is 2.38. The van der Waals surface area contributed by atoms with Gasteiger partial charge in [-0.15, -0.1) is 0 Å². The van der Waals surface area contributed by atoms with E-state index >= 15 is 0 Å². The molecule has 20 heavy (non-hydrogen) atoms. The highest BCUT2D eigenvalue weighted by Crippen LogP contribution is 2.34. The maximum absolute atomic E-state index is 12.3. The van der Waals surface area contributed by atoms with Gasteiger partial charge < -0.3 is 15.5 Å². The van der Waals surface area contributed by atoms with Gasteiger partial charge in [0.2, 0.25) is 0 Å². The summed E-state index contributed by atoms with van der Waals surface area (Å²) in [4.78, 5) is 16.3. The molecule has 0 aliphatic carbocycles. The molecule has 1 fully saturated rings. The largest absolute Gasteiger partial charge is 0.399 e. The van der Waals surface area contributed by atoms with Crippen LogP contribution < -0.4 is 10.6 Å². The van der Waals surface area contributed by atoms with Crippen LogP contribution in [0.1, 0.15) is 37.0 Å². The average molecular weight is 275 g/mol. The first-order valence-electron chi connectivity index (χ1n) is 7.16. The molecule has 0 bridgehead atoms. The molecule has 1 saturated heterocycles. The van der Waals surface area contributed by atoms with E-state index in [2.05, 4.69) is 18.7 Å². The van der Waals surface area contributed by atoms with Crippen LogP contribution >= 0.6 is 0 Å². The van der Waals surface area contributed by atoms with Crippen LogP contribution in [0.5, 0.6) is 0 Å². The van der Waals surface area contributed by atoms with Crippen molar-refractivity contribution in [3.8, 4) is 0 Å². The van der Waals surface area contributed by atoms with Gasteiger partial charge in [-0.05, 0) is 36.5 Å². The number of carbonyl (C=O) groups is 1. The third-order valence-electron chi connectivity index (χ3n) is 3.90. The summed E-state index contributed by atoms with van der Waals surface area (Å²) >= 11 is 0. The van der Waals surface area contributed by atoms with Crippen LogP contribution in [-0.2, 0) is 0 Å². The number of anilines is 2. The zero-order chi connectivity index (χ0) is 14.9. The van der Waals surface area contributed by atoms with Crippen molar-refractivity contribution in [1.82, 2.24) is 4.90 Å². The van der Waals surface area contributed by atoms with Crippen molar-refractivity contribution in [1.29, 1.82) is 0 Å². The normalized spacial score (nSPS) is 17.9. The van der Waals surface area contributed by atoms with E-state index in [1.165, 1.54) is 6.42 Å². The highest BCUT2D eigenvalue weighted by molar-refractivity contribution is 6.00. The van der Waals surface area contributed by atoms with Gasteiger partial charge in [-0.3, -0.25) is 4.79 Å². The van der Waals surface area contributed by atoms with Crippen LogP contribution in [0.4, 0.5) is 11.4 Å². The lowest BCUT2D eigenvalue weighted by Gasteiger charge is -2.40. The number of hydrogen-bond donors (Lipinski definition) is 1. The molecular formula is C16H25N3O. The summed E-state index contributed by atoms with van der Waals surface area (Å²) in [5, 5.41) is 0. The first-order valence-corrected chi connectivity index (χ1v) is 7.16. The Kier molecular flexibility index (Phi) is 3.93. The van der Waals surface area contributed by atoms with Gasteiger partial charge in [0.05, 0.1) is 11.3 Å². The molecule has 2 rings (SSSR count).